The molecule has 1 aromatic rings. The van der Waals surface area contributed by atoms with Crippen molar-refractivity contribution in [3.8, 4) is 0 Å². The van der Waals surface area contributed by atoms with Gasteiger partial charge in [0.25, 0.3) is 5.69 Å². The molecule has 0 aromatic heterocycles. The van der Waals surface area contributed by atoms with Crippen LogP contribution < -0.4 is 0 Å². The third kappa shape index (κ3) is 3.50. The van der Waals surface area contributed by atoms with E-state index in [1.807, 2.05) is 0 Å². The summed E-state index contributed by atoms with van der Waals surface area (Å²) < 4.78 is 18.2. The number of carbonyl (C=O) groups excluding carboxylic acids is 1. The van der Waals surface area contributed by atoms with Gasteiger partial charge in [0.1, 0.15) is 5.82 Å². The van der Waals surface area contributed by atoms with Gasteiger partial charge in [0.15, 0.2) is 5.92 Å². The molecule has 108 valence electrons. The van der Waals surface area contributed by atoms with E-state index in [0.717, 1.165) is 18.2 Å². The normalized spacial score (nSPS) is 11.7. The number of aliphatic carboxylic acids is 1. The maximum Gasteiger partial charge on any atom is 0.320 e. The number of esters is 1. The summed E-state index contributed by atoms with van der Waals surface area (Å²) in [7, 11) is 0. The zero-order valence-corrected chi connectivity index (χ0v) is 10.5. The number of halogens is 1. The Bertz CT molecular complexity index is 545. The molecule has 0 saturated heterocycles. The van der Waals surface area contributed by atoms with Crippen molar-refractivity contribution in [1.29, 1.82) is 0 Å². The first-order chi connectivity index (χ1) is 9.38. The molecule has 1 aromatic carbocycles. The zero-order chi connectivity index (χ0) is 15.3. The van der Waals surface area contributed by atoms with Gasteiger partial charge in [-0.1, -0.05) is 6.07 Å². The van der Waals surface area contributed by atoms with Crippen LogP contribution in [0.25, 0.3) is 0 Å². The topological polar surface area (TPSA) is 107 Å². The Morgan fingerprint density at radius 1 is 1.50 bits per heavy atom. The van der Waals surface area contributed by atoms with Crippen LogP contribution in [-0.4, -0.2) is 28.6 Å². The number of nitrogens with zero attached hydrogens (tertiary/aromatic N) is 1. The fourth-order valence-electron chi connectivity index (χ4n) is 1.64. The predicted octanol–water partition coefficient (Wildman–Crippen LogP) is 1.54. The Kier molecular flexibility index (Phi) is 5.13. The van der Waals surface area contributed by atoms with E-state index in [-0.39, 0.29) is 6.61 Å². The van der Waals surface area contributed by atoms with E-state index in [2.05, 4.69) is 4.74 Å². The number of nitro benzene ring substituents is 1. The standard InChI is InChI=1S/C12H12FNO6/c1-2-20-12(17)8(11(15)16)6-7-9(13)4-3-5-10(7)14(18)19/h3-5,8H,2,6H2,1H3,(H,15,16). The molecule has 1 N–H and O–H groups in total. The van der Waals surface area contributed by atoms with Gasteiger partial charge in [-0.15, -0.1) is 0 Å². The van der Waals surface area contributed by atoms with Gasteiger partial charge in [0, 0.05) is 12.5 Å². The molecule has 7 nitrogen and oxygen atoms in total. The maximum absolute atomic E-state index is 13.6. The van der Waals surface area contributed by atoms with Crippen LogP contribution >= 0.6 is 0 Å². The van der Waals surface area contributed by atoms with Gasteiger partial charge >= 0.3 is 11.9 Å². The van der Waals surface area contributed by atoms with Gasteiger partial charge in [-0.3, -0.25) is 19.7 Å². The zero-order valence-electron chi connectivity index (χ0n) is 10.5. The number of hydrogen-bond donors (Lipinski definition) is 1. The molecule has 0 bridgehead atoms. The summed E-state index contributed by atoms with van der Waals surface area (Å²) >= 11 is 0. The lowest BCUT2D eigenvalue weighted by Crippen LogP contribution is -2.28. The summed E-state index contributed by atoms with van der Waals surface area (Å²) in [5.41, 5.74) is -1.00. The number of benzene rings is 1. The minimum absolute atomic E-state index is 0.0397. The first-order valence-corrected chi connectivity index (χ1v) is 5.69. The van der Waals surface area contributed by atoms with Crippen LogP contribution in [0, 0.1) is 21.8 Å². The van der Waals surface area contributed by atoms with Crippen molar-refractivity contribution in [2.75, 3.05) is 6.61 Å². The monoisotopic (exact) mass is 285 g/mol. The highest BCUT2D eigenvalue weighted by molar-refractivity contribution is 5.94. The van der Waals surface area contributed by atoms with Crippen LogP contribution in [0.15, 0.2) is 18.2 Å². The fourth-order valence-corrected chi connectivity index (χ4v) is 1.64. The molecule has 20 heavy (non-hydrogen) atoms. The van der Waals surface area contributed by atoms with E-state index >= 15 is 0 Å². The summed E-state index contributed by atoms with van der Waals surface area (Å²) in [5, 5.41) is 19.8. The quantitative estimate of drug-likeness (QED) is 0.367. The molecule has 0 spiro atoms. The number of carboxylic acids is 1. The molecule has 1 atom stereocenters. The van der Waals surface area contributed by atoms with Crippen molar-refractivity contribution in [3.63, 3.8) is 0 Å². The van der Waals surface area contributed by atoms with Gasteiger partial charge in [0.05, 0.1) is 17.1 Å². The van der Waals surface area contributed by atoms with Crippen LogP contribution in [0.1, 0.15) is 12.5 Å². The SMILES string of the molecule is CCOC(=O)C(Cc1c(F)cccc1[N+](=O)[O-])C(=O)O. The van der Waals surface area contributed by atoms with Crippen LogP contribution in [0.5, 0.6) is 0 Å². The van der Waals surface area contributed by atoms with Crippen LogP contribution in [-0.2, 0) is 20.7 Å². The third-order valence-corrected chi connectivity index (χ3v) is 2.57. The summed E-state index contributed by atoms with van der Waals surface area (Å²) in [6.45, 7) is 1.45. The minimum Gasteiger partial charge on any atom is -0.481 e. The van der Waals surface area contributed by atoms with E-state index in [0.29, 0.717) is 0 Å². The van der Waals surface area contributed by atoms with E-state index in [9.17, 15) is 24.1 Å². The highest BCUT2D eigenvalue weighted by atomic mass is 19.1. The predicted molar refractivity (Wildman–Crippen MR) is 64.5 cm³/mol. The summed E-state index contributed by atoms with van der Waals surface area (Å²) in [4.78, 5) is 32.5. The Morgan fingerprint density at radius 2 is 2.15 bits per heavy atom. The Balaban J connectivity index is 3.14. The van der Waals surface area contributed by atoms with Crippen molar-refractivity contribution < 1.29 is 28.7 Å². The van der Waals surface area contributed by atoms with E-state index < -0.39 is 46.3 Å². The molecule has 0 amide bonds. The molecule has 1 rings (SSSR count). The average molecular weight is 285 g/mol. The molecule has 0 saturated carbocycles. The first-order valence-electron chi connectivity index (χ1n) is 5.69. The second-order valence-electron chi connectivity index (χ2n) is 3.84. The van der Waals surface area contributed by atoms with E-state index in [1.54, 1.807) is 0 Å². The molecule has 0 fully saturated rings. The number of hydrogen-bond acceptors (Lipinski definition) is 5. The van der Waals surface area contributed by atoms with Crippen molar-refractivity contribution in [2.45, 2.75) is 13.3 Å². The Labute approximate surface area is 113 Å². The van der Waals surface area contributed by atoms with Crippen molar-refractivity contribution in [3.05, 3.63) is 39.7 Å². The van der Waals surface area contributed by atoms with Gasteiger partial charge < -0.3 is 9.84 Å². The summed E-state index contributed by atoms with van der Waals surface area (Å²) in [6.07, 6.45) is -0.642. The van der Waals surface area contributed by atoms with Gasteiger partial charge in [0.2, 0.25) is 0 Å². The molecule has 0 heterocycles. The second kappa shape index (κ2) is 6.60. The number of nitro groups is 1. The molecule has 0 radical (unpaired) electrons. The average Bonchev–Trinajstić information content (AvgIpc) is 2.36. The number of carboxylic acid groups (broad SMARTS) is 1. The Morgan fingerprint density at radius 3 is 2.65 bits per heavy atom. The van der Waals surface area contributed by atoms with E-state index in [1.165, 1.54) is 6.92 Å². The number of carbonyl (C=O) groups is 2. The number of ether oxygens (including phenoxy) is 1. The minimum atomic E-state index is -1.69. The van der Waals surface area contributed by atoms with Crippen LogP contribution in [0.3, 0.4) is 0 Å². The third-order valence-electron chi connectivity index (χ3n) is 2.57. The van der Waals surface area contributed by atoms with Crippen LogP contribution in [0.4, 0.5) is 10.1 Å². The highest BCUT2D eigenvalue weighted by Gasteiger charge is 2.32. The molecular weight excluding hydrogens is 273 g/mol. The molecular formula is C12H12FNO6. The smallest absolute Gasteiger partial charge is 0.320 e. The largest absolute Gasteiger partial charge is 0.481 e. The summed E-state index contributed by atoms with van der Waals surface area (Å²) in [6, 6.07) is 3.14. The number of rotatable bonds is 6. The molecule has 0 aliphatic heterocycles. The lowest BCUT2D eigenvalue weighted by molar-refractivity contribution is -0.385. The molecule has 1 unspecified atom stereocenters. The fraction of sp³-hybridized carbons (Fsp3) is 0.333. The lowest BCUT2D eigenvalue weighted by atomic mass is 9.97. The molecule has 8 heteroatoms. The highest BCUT2D eigenvalue weighted by Crippen LogP contribution is 2.25. The summed E-state index contributed by atoms with van der Waals surface area (Å²) in [5.74, 6) is -5.21. The Hall–Kier alpha value is -2.51. The second-order valence-corrected chi connectivity index (χ2v) is 3.84. The maximum atomic E-state index is 13.6. The van der Waals surface area contributed by atoms with E-state index in [4.69, 9.17) is 5.11 Å². The molecule has 0 aliphatic rings. The van der Waals surface area contributed by atoms with Gasteiger partial charge in [-0.25, -0.2) is 4.39 Å². The van der Waals surface area contributed by atoms with Gasteiger partial charge in [-0.05, 0) is 13.0 Å². The molecule has 0 aliphatic carbocycles. The van der Waals surface area contributed by atoms with Crippen LogP contribution in [0.2, 0.25) is 0 Å². The lowest BCUT2D eigenvalue weighted by Gasteiger charge is -2.11. The first kappa shape index (κ1) is 15.5. The van der Waals surface area contributed by atoms with Gasteiger partial charge in [-0.2, -0.15) is 0 Å². The van der Waals surface area contributed by atoms with Crippen molar-refractivity contribution in [1.82, 2.24) is 0 Å². The van der Waals surface area contributed by atoms with Crippen molar-refractivity contribution >= 4 is 17.6 Å². The van der Waals surface area contributed by atoms with Crippen molar-refractivity contribution in [2.24, 2.45) is 5.92 Å².